The average Bonchev–Trinajstić information content (AvgIpc) is 2.73. The van der Waals surface area contributed by atoms with Crippen LogP contribution >= 0.6 is 0 Å². The molecule has 1 N–H and O–H groups in total. The van der Waals surface area contributed by atoms with Gasteiger partial charge in [0.1, 0.15) is 17.7 Å². The van der Waals surface area contributed by atoms with Crippen LogP contribution in [0.5, 0.6) is 5.75 Å². The standard InChI is InChI=1S/C23H21FN2O2/c1-16(23(27)11-5-17-3-2-12-26-15-17)28-20-8-6-19(7-9-20)21-13-18(14-25)4-10-22(21)24/h2-4,6-10,12-13,15-16,23,27H,5,11H2,1H3. The minimum absolute atomic E-state index is 0.371. The van der Waals surface area contributed by atoms with Crippen molar-refractivity contribution in [1.82, 2.24) is 4.98 Å². The number of aliphatic hydroxyl groups excluding tert-OH is 1. The van der Waals surface area contributed by atoms with E-state index in [1.54, 1.807) is 36.7 Å². The number of aryl methyl sites for hydroxylation is 1. The molecule has 0 bridgehead atoms. The van der Waals surface area contributed by atoms with Gasteiger partial charge in [-0.2, -0.15) is 5.26 Å². The maximum atomic E-state index is 14.1. The van der Waals surface area contributed by atoms with E-state index in [0.29, 0.717) is 28.9 Å². The van der Waals surface area contributed by atoms with Crippen LogP contribution in [0.15, 0.2) is 67.0 Å². The lowest BCUT2D eigenvalue weighted by molar-refractivity contribution is 0.0420. The molecule has 0 fully saturated rings. The highest BCUT2D eigenvalue weighted by Gasteiger charge is 2.16. The van der Waals surface area contributed by atoms with Gasteiger partial charge in [-0.3, -0.25) is 4.98 Å². The summed E-state index contributed by atoms with van der Waals surface area (Å²) in [5.74, 6) is 0.209. The Kier molecular flexibility index (Phi) is 6.36. The average molecular weight is 376 g/mol. The van der Waals surface area contributed by atoms with E-state index in [0.717, 1.165) is 12.0 Å². The first-order chi connectivity index (χ1) is 13.6. The van der Waals surface area contributed by atoms with Crippen LogP contribution in [0.25, 0.3) is 11.1 Å². The predicted molar refractivity (Wildman–Crippen MR) is 105 cm³/mol. The van der Waals surface area contributed by atoms with E-state index in [9.17, 15) is 9.50 Å². The predicted octanol–water partition coefficient (Wildman–Crippen LogP) is 4.52. The zero-order chi connectivity index (χ0) is 19.9. The SMILES string of the molecule is CC(Oc1ccc(-c2cc(C#N)ccc2F)cc1)C(O)CCc1cccnc1. The number of rotatable bonds is 7. The second-order valence-corrected chi connectivity index (χ2v) is 6.62. The molecule has 0 amide bonds. The number of ether oxygens (including phenoxy) is 1. The first-order valence-corrected chi connectivity index (χ1v) is 9.10. The smallest absolute Gasteiger partial charge is 0.131 e. The van der Waals surface area contributed by atoms with E-state index in [4.69, 9.17) is 10.00 Å². The number of hydrogen-bond donors (Lipinski definition) is 1. The lowest BCUT2D eigenvalue weighted by Gasteiger charge is -2.20. The number of aliphatic hydroxyl groups is 1. The number of benzene rings is 2. The zero-order valence-electron chi connectivity index (χ0n) is 15.5. The monoisotopic (exact) mass is 376 g/mol. The van der Waals surface area contributed by atoms with Crippen LogP contribution in [-0.2, 0) is 6.42 Å². The third kappa shape index (κ3) is 4.93. The summed E-state index contributed by atoms with van der Waals surface area (Å²) in [6, 6.07) is 17.1. The van der Waals surface area contributed by atoms with Crippen molar-refractivity contribution < 1.29 is 14.2 Å². The van der Waals surface area contributed by atoms with Crippen molar-refractivity contribution in [2.75, 3.05) is 0 Å². The fourth-order valence-electron chi connectivity index (χ4n) is 2.92. The lowest BCUT2D eigenvalue weighted by Crippen LogP contribution is -2.29. The molecule has 2 atom stereocenters. The summed E-state index contributed by atoms with van der Waals surface area (Å²) in [5, 5.41) is 19.3. The third-order valence-corrected chi connectivity index (χ3v) is 4.58. The highest BCUT2D eigenvalue weighted by atomic mass is 19.1. The molecule has 2 aromatic carbocycles. The number of halogens is 1. The third-order valence-electron chi connectivity index (χ3n) is 4.58. The van der Waals surface area contributed by atoms with Crippen molar-refractivity contribution in [2.24, 2.45) is 0 Å². The molecule has 0 aliphatic rings. The van der Waals surface area contributed by atoms with Gasteiger partial charge in [0, 0.05) is 18.0 Å². The summed E-state index contributed by atoms with van der Waals surface area (Å²) in [4.78, 5) is 4.07. The summed E-state index contributed by atoms with van der Waals surface area (Å²) in [6.45, 7) is 1.82. The fourth-order valence-corrected chi connectivity index (χ4v) is 2.92. The quantitative estimate of drug-likeness (QED) is 0.658. The van der Waals surface area contributed by atoms with Gasteiger partial charge in [-0.25, -0.2) is 4.39 Å². The van der Waals surface area contributed by atoms with Crippen molar-refractivity contribution >= 4 is 0 Å². The van der Waals surface area contributed by atoms with E-state index < -0.39 is 6.10 Å². The Morgan fingerprint density at radius 1 is 1.18 bits per heavy atom. The van der Waals surface area contributed by atoms with Crippen LogP contribution in [0, 0.1) is 17.1 Å². The van der Waals surface area contributed by atoms with E-state index >= 15 is 0 Å². The first-order valence-electron chi connectivity index (χ1n) is 9.10. The van der Waals surface area contributed by atoms with Gasteiger partial charge in [0.05, 0.1) is 17.7 Å². The molecule has 0 aliphatic carbocycles. The van der Waals surface area contributed by atoms with E-state index in [2.05, 4.69) is 4.98 Å². The van der Waals surface area contributed by atoms with Gasteiger partial charge >= 0.3 is 0 Å². The molecule has 3 aromatic rings. The van der Waals surface area contributed by atoms with Crippen molar-refractivity contribution in [1.29, 1.82) is 5.26 Å². The van der Waals surface area contributed by atoms with Crippen LogP contribution in [0.4, 0.5) is 4.39 Å². The normalized spacial score (nSPS) is 12.8. The van der Waals surface area contributed by atoms with Gasteiger partial charge in [-0.1, -0.05) is 18.2 Å². The Morgan fingerprint density at radius 3 is 2.64 bits per heavy atom. The molecule has 1 heterocycles. The van der Waals surface area contributed by atoms with Crippen LogP contribution in [0.3, 0.4) is 0 Å². The molecule has 0 spiro atoms. The summed E-state index contributed by atoms with van der Waals surface area (Å²) < 4.78 is 19.9. The molecule has 142 valence electrons. The molecular formula is C23H21FN2O2. The second kappa shape index (κ2) is 9.12. The maximum absolute atomic E-state index is 14.1. The topological polar surface area (TPSA) is 66.1 Å². The van der Waals surface area contributed by atoms with Gasteiger partial charge in [-0.05, 0) is 67.3 Å². The van der Waals surface area contributed by atoms with Crippen LogP contribution in [-0.4, -0.2) is 22.3 Å². The number of aromatic nitrogens is 1. The maximum Gasteiger partial charge on any atom is 0.131 e. The molecular weight excluding hydrogens is 355 g/mol. The Hall–Kier alpha value is -3.23. The molecule has 2 unspecified atom stereocenters. The van der Waals surface area contributed by atoms with E-state index in [-0.39, 0.29) is 11.9 Å². The van der Waals surface area contributed by atoms with Crippen molar-refractivity contribution in [3.05, 3.63) is 83.9 Å². The van der Waals surface area contributed by atoms with E-state index in [1.807, 2.05) is 25.1 Å². The Balaban J connectivity index is 1.61. The molecule has 5 heteroatoms. The number of hydrogen-bond acceptors (Lipinski definition) is 4. The highest BCUT2D eigenvalue weighted by molar-refractivity contribution is 5.66. The summed E-state index contributed by atoms with van der Waals surface area (Å²) in [7, 11) is 0. The summed E-state index contributed by atoms with van der Waals surface area (Å²) in [6.07, 6.45) is 3.79. The molecule has 0 radical (unpaired) electrons. The molecule has 28 heavy (non-hydrogen) atoms. The summed E-state index contributed by atoms with van der Waals surface area (Å²) >= 11 is 0. The minimum Gasteiger partial charge on any atom is -0.488 e. The molecule has 0 aliphatic heterocycles. The van der Waals surface area contributed by atoms with Gasteiger partial charge in [0.25, 0.3) is 0 Å². The van der Waals surface area contributed by atoms with Crippen LogP contribution in [0.2, 0.25) is 0 Å². The number of pyridine rings is 1. The molecule has 3 rings (SSSR count). The Labute approximate surface area is 163 Å². The molecule has 1 aromatic heterocycles. The minimum atomic E-state index is -0.621. The van der Waals surface area contributed by atoms with Crippen molar-refractivity contribution in [3.8, 4) is 22.9 Å². The van der Waals surface area contributed by atoms with Gasteiger partial charge in [-0.15, -0.1) is 0 Å². The fraction of sp³-hybridized carbons (Fsp3) is 0.217. The number of nitrogens with zero attached hydrogens (tertiary/aromatic N) is 2. The Bertz CT molecular complexity index is 953. The molecule has 0 saturated carbocycles. The molecule has 4 nitrogen and oxygen atoms in total. The van der Waals surface area contributed by atoms with E-state index in [1.165, 1.54) is 18.2 Å². The zero-order valence-corrected chi connectivity index (χ0v) is 15.5. The Morgan fingerprint density at radius 2 is 1.96 bits per heavy atom. The van der Waals surface area contributed by atoms with Crippen LogP contribution < -0.4 is 4.74 Å². The second-order valence-electron chi connectivity index (χ2n) is 6.62. The first kappa shape index (κ1) is 19.5. The number of nitriles is 1. The highest BCUT2D eigenvalue weighted by Crippen LogP contribution is 2.26. The molecule has 0 saturated heterocycles. The van der Waals surface area contributed by atoms with Gasteiger partial charge in [0.2, 0.25) is 0 Å². The van der Waals surface area contributed by atoms with Gasteiger partial charge in [0.15, 0.2) is 0 Å². The lowest BCUT2D eigenvalue weighted by atomic mass is 10.0. The van der Waals surface area contributed by atoms with Crippen LogP contribution in [0.1, 0.15) is 24.5 Å². The summed E-state index contributed by atoms with van der Waals surface area (Å²) in [5.41, 5.74) is 2.50. The van der Waals surface area contributed by atoms with Gasteiger partial charge < -0.3 is 9.84 Å². The van der Waals surface area contributed by atoms with Crippen molar-refractivity contribution in [2.45, 2.75) is 32.0 Å². The van der Waals surface area contributed by atoms with Crippen molar-refractivity contribution in [3.63, 3.8) is 0 Å². The largest absolute Gasteiger partial charge is 0.488 e.